The summed E-state index contributed by atoms with van der Waals surface area (Å²) in [6.45, 7) is 2.71. The van der Waals surface area contributed by atoms with E-state index in [9.17, 15) is 4.79 Å². The lowest BCUT2D eigenvalue weighted by atomic mass is 10.1. The fourth-order valence-electron chi connectivity index (χ4n) is 0.634. The van der Waals surface area contributed by atoms with Crippen LogP contribution in [0, 0.1) is 5.41 Å². The van der Waals surface area contributed by atoms with Crippen molar-refractivity contribution in [3.63, 3.8) is 0 Å². The van der Waals surface area contributed by atoms with Crippen molar-refractivity contribution in [2.75, 3.05) is 0 Å². The van der Waals surface area contributed by atoms with Gasteiger partial charge < -0.3 is 16.2 Å². The molecule has 0 fully saturated rings. The monoisotopic (exact) mass is 142 g/mol. The number of carbonyl (C=O) groups is 1. The Labute approximate surface area is 58.9 Å². The van der Waals surface area contributed by atoms with Gasteiger partial charge in [-0.05, 0) is 13.8 Å². The third kappa shape index (κ3) is 1.89. The second-order valence-corrected chi connectivity index (χ2v) is 1.95. The van der Waals surface area contributed by atoms with Crippen molar-refractivity contribution in [1.29, 1.82) is 5.41 Å². The number of hydrogen-bond acceptors (Lipinski definition) is 3. The lowest BCUT2D eigenvalue weighted by Crippen LogP contribution is -2.20. The molecule has 0 aliphatic carbocycles. The molecule has 0 unspecified atom stereocenters. The van der Waals surface area contributed by atoms with E-state index in [1.807, 2.05) is 0 Å². The van der Waals surface area contributed by atoms with Gasteiger partial charge in [-0.3, -0.25) is 4.79 Å². The molecule has 0 heterocycles. The number of aliphatic hydroxyl groups excluding tert-OH is 1. The average molecular weight is 142 g/mol. The summed E-state index contributed by atoms with van der Waals surface area (Å²) in [5, 5.41) is 15.8. The van der Waals surface area contributed by atoms with Crippen molar-refractivity contribution in [3.8, 4) is 0 Å². The fraction of sp³-hybridized carbons (Fsp3) is 0.333. The van der Waals surface area contributed by atoms with Crippen molar-refractivity contribution in [3.05, 3.63) is 11.3 Å². The van der Waals surface area contributed by atoms with E-state index < -0.39 is 5.91 Å². The molecule has 0 rings (SSSR count). The van der Waals surface area contributed by atoms with E-state index >= 15 is 0 Å². The van der Waals surface area contributed by atoms with E-state index in [1.54, 1.807) is 0 Å². The first-order chi connectivity index (χ1) is 4.46. The van der Waals surface area contributed by atoms with Gasteiger partial charge in [0.05, 0.1) is 5.57 Å². The molecule has 4 N–H and O–H groups in total. The van der Waals surface area contributed by atoms with Crippen LogP contribution in [0.25, 0.3) is 0 Å². The summed E-state index contributed by atoms with van der Waals surface area (Å²) in [6.07, 6.45) is 0. The van der Waals surface area contributed by atoms with Gasteiger partial charge in [-0.1, -0.05) is 0 Å². The molecule has 0 aromatic heterocycles. The molecular formula is C6H10N2O2. The second kappa shape index (κ2) is 3.00. The van der Waals surface area contributed by atoms with Gasteiger partial charge in [0.15, 0.2) is 0 Å². The van der Waals surface area contributed by atoms with Gasteiger partial charge in [0.2, 0.25) is 0 Å². The van der Waals surface area contributed by atoms with Gasteiger partial charge in [0.25, 0.3) is 5.91 Å². The number of carbonyl (C=O) groups excluding carboxylic acids is 1. The summed E-state index contributed by atoms with van der Waals surface area (Å²) in [7, 11) is 0. The quantitative estimate of drug-likeness (QED) is 0.295. The van der Waals surface area contributed by atoms with E-state index in [1.165, 1.54) is 13.8 Å². The molecule has 0 bridgehead atoms. The van der Waals surface area contributed by atoms with Gasteiger partial charge >= 0.3 is 0 Å². The molecule has 0 saturated carbocycles. The van der Waals surface area contributed by atoms with Gasteiger partial charge in [-0.2, -0.15) is 0 Å². The van der Waals surface area contributed by atoms with Crippen LogP contribution in [0.4, 0.5) is 0 Å². The first kappa shape index (κ1) is 8.68. The first-order valence-electron chi connectivity index (χ1n) is 2.72. The normalized spacial score (nSPS) is 12.2. The highest BCUT2D eigenvalue weighted by Crippen LogP contribution is 2.00. The molecular weight excluding hydrogens is 132 g/mol. The molecule has 0 aliphatic rings. The van der Waals surface area contributed by atoms with Crippen molar-refractivity contribution >= 4 is 11.6 Å². The third-order valence-corrected chi connectivity index (χ3v) is 0.983. The number of aliphatic hydroxyl groups is 1. The molecule has 0 spiro atoms. The van der Waals surface area contributed by atoms with E-state index in [4.69, 9.17) is 16.2 Å². The minimum atomic E-state index is -0.771. The number of allylic oxidation sites excluding steroid dienone is 1. The van der Waals surface area contributed by atoms with Gasteiger partial charge in [-0.15, -0.1) is 0 Å². The number of nitrogens with two attached hydrogens (primary N) is 1. The Morgan fingerprint density at radius 1 is 1.50 bits per heavy atom. The number of primary amides is 1. The highest BCUT2D eigenvalue weighted by atomic mass is 16.3. The molecule has 4 heteroatoms. The van der Waals surface area contributed by atoms with Gasteiger partial charge in [0.1, 0.15) is 5.76 Å². The largest absolute Gasteiger partial charge is 0.512 e. The average Bonchev–Trinajstić information content (AvgIpc) is 1.59. The lowest BCUT2D eigenvalue weighted by Gasteiger charge is -1.99. The van der Waals surface area contributed by atoms with E-state index in [-0.39, 0.29) is 17.0 Å². The molecule has 0 saturated heterocycles. The van der Waals surface area contributed by atoms with Crippen LogP contribution in [0.5, 0.6) is 0 Å². The summed E-state index contributed by atoms with van der Waals surface area (Å²) < 4.78 is 0. The SMILES string of the molecule is CC(=N)C(C(N)=O)=C(C)O. The molecule has 0 aliphatic heterocycles. The molecule has 0 atom stereocenters. The van der Waals surface area contributed by atoms with Crippen LogP contribution in [0.15, 0.2) is 11.3 Å². The van der Waals surface area contributed by atoms with Crippen molar-refractivity contribution in [2.24, 2.45) is 5.73 Å². The number of nitrogens with one attached hydrogen (secondary N) is 1. The Bertz CT molecular complexity index is 186. The predicted molar refractivity (Wildman–Crippen MR) is 37.9 cm³/mol. The fourth-order valence-corrected chi connectivity index (χ4v) is 0.634. The second-order valence-electron chi connectivity index (χ2n) is 1.95. The molecule has 10 heavy (non-hydrogen) atoms. The Balaban J connectivity index is 4.79. The van der Waals surface area contributed by atoms with E-state index in [0.29, 0.717) is 0 Å². The highest BCUT2D eigenvalue weighted by Gasteiger charge is 2.10. The van der Waals surface area contributed by atoms with Gasteiger partial charge in [0, 0.05) is 5.71 Å². The maximum absolute atomic E-state index is 10.4. The van der Waals surface area contributed by atoms with Crippen LogP contribution < -0.4 is 5.73 Å². The smallest absolute Gasteiger partial charge is 0.253 e. The minimum absolute atomic E-state index is 0.0208. The summed E-state index contributed by atoms with van der Waals surface area (Å²) in [5.41, 5.74) is 4.71. The molecule has 0 aromatic rings. The van der Waals surface area contributed by atoms with Crippen molar-refractivity contribution in [1.82, 2.24) is 0 Å². The molecule has 4 nitrogen and oxygen atoms in total. The van der Waals surface area contributed by atoms with Crippen LogP contribution in [0.1, 0.15) is 13.8 Å². The van der Waals surface area contributed by atoms with Crippen LogP contribution in [0.3, 0.4) is 0 Å². The Hall–Kier alpha value is -1.32. The third-order valence-electron chi connectivity index (χ3n) is 0.983. The number of hydrogen-bond donors (Lipinski definition) is 3. The van der Waals surface area contributed by atoms with Crippen molar-refractivity contribution in [2.45, 2.75) is 13.8 Å². The first-order valence-corrected chi connectivity index (χ1v) is 2.72. The minimum Gasteiger partial charge on any atom is -0.512 e. The molecule has 0 aromatic carbocycles. The zero-order valence-electron chi connectivity index (χ0n) is 5.93. The zero-order valence-corrected chi connectivity index (χ0v) is 5.93. The van der Waals surface area contributed by atoms with E-state index in [0.717, 1.165) is 0 Å². The number of rotatable bonds is 2. The topological polar surface area (TPSA) is 87.2 Å². The van der Waals surface area contributed by atoms with Gasteiger partial charge in [-0.25, -0.2) is 0 Å². The van der Waals surface area contributed by atoms with Crippen LogP contribution in [-0.2, 0) is 4.79 Å². The lowest BCUT2D eigenvalue weighted by molar-refractivity contribution is -0.114. The predicted octanol–water partition coefficient (Wildman–Crippen LogP) is 0.343. The van der Waals surface area contributed by atoms with Crippen LogP contribution >= 0.6 is 0 Å². The maximum Gasteiger partial charge on any atom is 0.253 e. The maximum atomic E-state index is 10.4. The molecule has 0 radical (unpaired) electrons. The van der Waals surface area contributed by atoms with Crippen molar-refractivity contribution < 1.29 is 9.90 Å². The summed E-state index contributed by atoms with van der Waals surface area (Å²) in [5.74, 6) is -0.979. The summed E-state index contributed by atoms with van der Waals surface area (Å²) in [4.78, 5) is 10.4. The Morgan fingerprint density at radius 2 is 1.90 bits per heavy atom. The van der Waals surface area contributed by atoms with E-state index in [2.05, 4.69) is 0 Å². The number of amides is 1. The summed E-state index contributed by atoms with van der Waals surface area (Å²) >= 11 is 0. The molecule has 1 amide bonds. The highest BCUT2D eigenvalue weighted by molar-refractivity contribution is 6.19. The Kier molecular flexibility index (Phi) is 2.61. The zero-order chi connectivity index (χ0) is 8.31. The Morgan fingerprint density at radius 3 is 1.90 bits per heavy atom. The summed E-state index contributed by atoms with van der Waals surface area (Å²) in [6, 6.07) is 0. The van der Waals surface area contributed by atoms with Crippen LogP contribution in [0.2, 0.25) is 0 Å². The standard InChI is InChI=1S/C6H10N2O2/c1-3(7)5(4(2)9)6(8)10/h7,9H,1-2H3,(H2,8,10). The molecule has 56 valence electrons. The van der Waals surface area contributed by atoms with Crippen LogP contribution in [-0.4, -0.2) is 16.7 Å².